The summed E-state index contributed by atoms with van der Waals surface area (Å²) in [6, 6.07) is 0. The number of ether oxygens (including phenoxy) is 1. The Kier molecular flexibility index (Phi) is 15.8. The van der Waals surface area contributed by atoms with Gasteiger partial charge in [-0.15, -0.1) is 0 Å². The molecule has 3 nitrogen and oxygen atoms in total. The molecular weight excluding hydrogens is 407 g/mol. The average molecular weight is 453 g/mol. The van der Waals surface area contributed by atoms with Crippen LogP contribution < -0.4 is 0 Å². The van der Waals surface area contributed by atoms with Crippen molar-refractivity contribution in [3.05, 3.63) is 9.30 Å². The monoisotopic (exact) mass is 452 g/mol. The maximum atomic E-state index is 4.82. The number of nitrogens with zero attached hydrogens (tertiary/aromatic N) is 2. The Hall–Kier alpha value is 1.25. The van der Waals surface area contributed by atoms with Crippen LogP contribution in [0.2, 0.25) is 78.6 Å². The van der Waals surface area contributed by atoms with Crippen molar-refractivity contribution >= 4 is 32.9 Å². The van der Waals surface area contributed by atoms with E-state index < -0.39 is 32.9 Å². The van der Waals surface area contributed by atoms with Crippen LogP contribution in [0.25, 0.3) is 9.30 Å². The molecule has 0 spiro atoms. The minimum Gasteiger partial charge on any atom is -0.668 e. The van der Waals surface area contributed by atoms with Crippen molar-refractivity contribution in [1.29, 1.82) is 0 Å². The van der Waals surface area contributed by atoms with E-state index in [1.807, 2.05) is 0 Å². The third kappa shape index (κ3) is 34.6. The van der Waals surface area contributed by atoms with Gasteiger partial charge in [-0.1, -0.05) is 112 Å². The summed E-state index contributed by atoms with van der Waals surface area (Å²) < 4.78 is 13.7. The Morgan fingerprint density at radius 1 is 0.500 bits per heavy atom. The summed E-state index contributed by atoms with van der Waals surface area (Å²) in [6.07, 6.45) is 2.67. The first-order chi connectivity index (χ1) is 9.91. The van der Waals surface area contributed by atoms with Gasteiger partial charge in [0.1, 0.15) is 13.2 Å². The molecule has 1 aliphatic heterocycles. The molecule has 0 unspecified atom stereocenters. The molecule has 24 heavy (non-hydrogen) atoms. The average Bonchev–Trinajstić information content (AvgIpc) is 2.60. The molecule has 151 valence electrons. The van der Waals surface area contributed by atoms with Gasteiger partial charge in [-0.05, 0) is 0 Å². The first-order valence-electron chi connectivity index (χ1n) is 9.03. The van der Waals surface area contributed by atoms with E-state index in [0.29, 0.717) is 0 Å². The van der Waals surface area contributed by atoms with E-state index in [0.717, 1.165) is 13.2 Å². The Morgan fingerprint density at radius 2 is 0.708 bits per heavy atom. The normalized spacial score (nSPS) is 15.5. The van der Waals surface area contributed by atoms with Crippen LogP contribution in [0.3, 0.4) is 0 Å². The zero-order chi connectivity index (χ0) is 18.9. The Morgan fingerprint density at radius 3 is 0.750 bits per heavy atom. The second-order valence-electron chi connectivity index (χ2n) is 10.3. The zero-order valence-corrected chi connectivity index (χ0v) is 23.5. The summed E-state index contributed by atoms with van der Waals surface area (Å²) in [5.41, 5.74) is 0. The summed E-state index contributed by atoms with van der Waals surface area (Å²) in [5, 5.41) is 0. The molecule has 0 aliphatic carbocycles. The van der Waals surface area contributed by atoms with E-state index in [1.165, 1.54) is 12.8 Å². The van der Waals surface area contributed by atoms with Crippen molar-refractivity contribution in [3.8, 4) is 0 Å². The van der Waals surface area contributed by atoms with Crippen LogP contribution >= 0.6 is 0 Å². The van der Waals surface area contributed by atoms with Gasteiger partial charge in [0.05, 0.1) is 0 Å². The van der Waals surface area contributed by atoms with E-state index >= 15 is 0 Å². The Bertz CT molecular complexity index is 244. The first kappa shape index (κ1) is 30.0. The van der Waals surface area contributed by atoms with Crippen LogP contribution in [0, 0.1) is 0 Å². The van der Waals surface area contributed by atoms with Crippen molar-refractivity contribution in [2.45, 2.75) is 91.4 Å². The maximum Gasteiger partial charge on any atom is 0.145 e. The molecule has 0 bridgehead atoms. The van der Waals surface area contributed by atoms with Crippen LogP contribution in [0.1, 0.15) is 12.8 Å². The van der Waals surface area contributed by atoms with Gasteiger partial charge in [0.2, 0.25) is 0 Å². The molecule has 0 aromatic rings. The molecule has 1 heterocycles. The Balaban J connectivity index is -0.000000279. The summed E-state index contributed by atoms with van der Waals surface area (Å²) in [7, 11) is -4.42. The van der Waals surface area contributed by atoms with Gasteiger partial charge < -0.3 is 14.0 Å². The van der Waals surface area contributed by atoms with Crippen LogP contribution in [0.15, 0.2) is 0 Å². The summed E-state index contributed by atoms with van der Waals surface area (Å²) >= 11 is 0. The van der Waals surface area contributed by atoms with E-state index in [1.54, 1.807) is 0 Å². The van der Waals surface area contributed by atoms with E-state index in [2.05, 4.69) is 83.3 Å². The van der Waals surface area contributed by atoms with Crippen LogP contribution in [-0.4, -0.2) is 50.9 Å². The summed E-state index contributed by atoms with van der Waals surface area (Å²) in [5.74, 6) is 0. The molecular formula is C16H45CoN2OSi4-. The third-order valence-electron chi connectivity index (χ3n) is 2.22. The molecule has 1 N–H and O–H groups in total. The third-order valence-corrected chi connectivity index (χ3v) is 13.0. The minimum absolute atomic E-state index is 0. The molecule has 1 rings (SSSR count). The topological polar surface area (TPSA) is 41.0 Å². The van der Waals surface area contributed by atoms with Crippen molar-refractivity contribution in [3.63, 3.8) is 0 Å². The van der Waals surface area contributed by atoms with E-state index in [-0.39, 0.29) is 16.8 Å². The fourth-order valence-electron chi connectivity index (χ4n) is 2.57. The van der Waals surface area contributed by atoms with Gasteiger partial charge in [-0.2, -0.15) is 0 Å². The molecule has 1 radical (unpaired) electrons. The Labute approximate surface area is 168 Å². The quantitative estimate of drug-likeness (QED) is 0.351. The van der Waals surface area contributed by atoms with Crippen LogP contribution in [0.5, 0.6) is 0 Å². The summed E-state index contributed by atoms with van der Waals surface area (Å²) in [4.78, 5) is 0. The second-order valence-corrected chi connectivity index (χ2v) is 29.4. The molecule has 0 saturated carbocycles. The largest absolute Gasteiger partial charge is 0.668 e. The number of rotatable bonds is 4. The smallest absolute Gasteiger partial charge is 0.145 e. The van der Waals surface area contributed by atoms with Crippen molar-refractivity contribution in [2.24, 2.45) is 0 Å². The van der Waals surface area contributed by atoms with Crippen molar-refractivity contribution in [2.75, 3.05) is 13.2 Å². The maximum absolute atomic E-state index is 4.82. The van der Waals surface area contributed by atoms with Crippen molar-refractivity contribution < 1.29 is 21.5 Å². The van der Waals surface area contributed by atoms with Gasteiger partial charge in [0.15, 0.2) is 0 Å². The number of hydrogen-bond donors (Lipinski definition) is 0. The van der Waals surface area contributed by atoms with Gasteiger partial charge >= 0.3 is 0 Å². The van der Waals surface area contributed by atoms with Crippen LogP contribution in [-0.2, 0) is 16.8 Å². The first-order valence-corrected chi connectivity index (χ1v) is 22.8. The second kappa shape index (κ2) is 12.6. The van der Waals surface area contributed by atoms with Gasteiger partial charge in [-0.25, -0.2) is 0 Å². The fourth-order valence-corrected chi connectivity index (χ4v) is 18.7. The van der Waals surface area contributed by atoms with Crippen LogP contribution in [0.4, 0.5) is 0 Å². The zero-order valence-electron chi connectivity index (χ0n) is 18.5. The molecule has 1 saturated heterocycles. The van der Waals surface area contributed by atoms with Gasteiger partial charge in [-0.3, -0.25) is 0 Å². The van der Waals surface area contributed by atoms with E-state index in [9.17, 15) is 0 Å². The molecule has 0 amide bonds. The molecule has 1 aliphatic rings. The standard InChI is InChI=1S/2C6H18NSi2.C4H8O.Co/c2*1-8(2,3)7-9(4,5)6;1-2-4-5-3-1;/h2*1-6H3;1-4H2;/q2*-1;;/p+1. The van der Waals surface area contributed by atoms with Crippen molar-refractivity contribution in [1.82, 2.24) is 0 Å². The number of aliphatic hydroxyl groups is 2. The molecule has 0 aromatic heterocycles. The summed E-state index contributed by atoms with van der Waals surface area (Å²) in [6.45, 7) is 29.8. The predicted molar refractivity (Wildman–Crippen MR) is 121 cm³/mol. The molecule has 0 atom stereocenters. The minimum atomic E-state index is -1.11. The molecule has 1 fully saturated rings. The van der Waals surface area contributed by atoms with E-state index in [4.69, 9.17) is 9.30 Å². The van der Waals surface area contributed by atoms with Gasteiger partial charge in [0.25, 0.3) is 0 Å². The van der Waals surface area contributed by atoms with Gasteiger partial charge in [0, 0.05) is 29.6 Å². The fraction of sp³-hybridized carbons (Fsp3) is 1.00. The molecule has 0 aromatic carbocycles. The SMILES string of the molecule is C1CC[OH+]C1.C[Si](C)(C)[N-][Si](C)(C)C.C[Si](C)(C)[N-][Si](C)(C)C.[Co]. The predicted octanol–water partition coefficient (Wildman–Crippen LogP) is 6.37. The number of hydrogen-bond acceptors (Lipinski definition) is 0. The molecule has 8 heteroatoms.